The van der Waals surface area contributed by atoms with E-state index in [1.165, 1.54) is 11.3 Å². The fraction of sp³-hybridized carbons (Fsp3) is 0.200. The van der Waals surface area contributed by atoms with E-state index in [4.69, 9.17) is 21.4 Å². The van der Waals surface area contributed by atoms with E-state index in [0.717, 1.165) is 5.69 Å². The zero-order chi connectivity index (χ0) is 11.5. The van der Waals surface area contributed by atoms with Crippen LogP contribution in [0, 0.1) is 6.92 Å². The summed E-state index contributed by atoms with van der Waals surface area (Å²) in [7, 11) is 0. The van der Waals surface area contributed by atoms with E-state index in [1.807, 2.05) is 6.92 Å². The first kappa shape index (κ1) is 11.3. The normalized spacial score (nSPS) is 10.4. The molecule has 4 nitrogen and oxygen atoms in total. The minimum Gasteiger partial charge on any atom is -0.429 e. The smallest absolute Gasteiger partial charge is 0.280 e. The zero-order valence-electron chi connectivity index (χ0n) is 8.48. The molecule has 0 fully saturated rings. The first-order chi connectivity index (χ1) is 7.70. The molecule has 0 atom stereocenters. The lowest BCUT2D eigenvalue weighted by atomic mass is 10.3. The van der Waals surface area contributed by atoms with Crippen molar-refractivity contribution in [1.82, 2.24) is 9.97 Å². The Kier molecular flexibility index (Phi) is 3.38. The number of halogens is 1. The molecule has 84 valence electrons. The van der Waals surface area contributed by atoms with Crippen molar-refractivity contribution in [3.8, 4) is 10.9 Å². The molecule has 1 N–H and O–H groups in total. The molecule has 0 aliphatic heterocycles. The standard InChI is InChI=1S/C10H9ClN2O2S/c1-6-7(3-2-4-12-6)15-10-13-9(11)8(5-14)16-10/h2-4,14H,5H2,1H3. The average molecular weight is 257 g/mol. The number of thiazole rings is 1. The highest BCUT2D eigenvalue weighted by atomic mass is 35.5. The van der Waals surface area contributed by atoms with Crippen LogP contribution in [0.3, 0.4) is 0 Å². The third kappa shape index (κ3) is 2.32. The lowest BCUT2D eigenvalue weighted by Crippen LogP contribution is -1.88. The average Bonchev–Trinajstić information content (AvgIpc) is 2.62. The van der Waals surface area contributed by atoms with Gasteiger partial charge in [0.15, 0.2) is 5.75 Å². The lowest BCUT2D eigenvalue weighted by molar-refractivity contribution is 0.285. The molecule has 6 heteroatoms. The number of hydrogen-bond donors (Lipinski definition) is 1. The highest BCUT2D eigenvalue weighted by Crippen LogP contribution is 2.32. The Bertz CT molecular complexity index is 501. The first-order valence-corrected chi connectivity index (χ1v) is 5.75. The van der Waals surface area contributed by atoms with Gasteiger partial charge in [-0.1, -0.05) is 22.9 Å². The van der Waals surface area contributed by atoms with Crippen LogP contribution in [0.25, 0.3) is 0 Å². The molecule has 0 saturated heterocycles. The van der Waals surface area contributed by atoms with Gasteiger partial charge in [-0.25, -0.2) is 0 Å². The SMILES string of the molecule is Cc1ncccc1Oc1nc(Cl)c(CO)s1. The molecule has 2 aromatic rings. The monoisotopic (exact) mass is 256 g/mol. The predicted molar refractivity (Wildman–Crippen MR) is 62.1 cm³/mol. The van der Waals surface area contributed by atoms with Crippen molar-refractivity contribution in [2.24, 2.45) is 0 Å². The van der Waals surface area contributed by atoms with E-state index in [-0.39, 0.29) is 11.8 Å². The Morgan fingerprint density at radius 2 is 2.38 bits per heavy atom. The third-order valence-corrected chi connectivity index (χ3v) is 3.27. The summed E-state index contributed by atoms with van der Waals surface area (Å²) >= 11 is 7.01. The molecular weight excluding hydrogens is 248 g/mol. The number of aliphatic hydroxyl groups excluding tert-OH is 1. The van der Waals surface area contributed by atoms with E-state index in [9.17, 15) is 0 Å². The number of ether oxygens (including phenoxy) is 1. The minimum absolute atomic E-state index is 0.133. The highest BCUT2D eigenvalue weighted by molar-refractivity contribution is 7.13. The van der Waals surface area contributed by atoms with E-state index >= 15 is 0 Å². The number of nitrogens with zero attached hydrogens (tertiary/aromatic N) is 2. The number of aliphatic hydroxyl groups is 1. The van der Waals surface area contributed by atoms with Crippen LogP contribution >= 0.6 is 22.9 Å². The van der Waals surface area contributed by atoms with Crippen LogP contribution in [0.5, 0.6) is 10.9 Å². The number of aryl methyl sites for hydroxylation is 1. The second-order valence-electron chi connectivity index (χ2n) is 3.04. The van der Waals surface area contributed by atoms with Gasteiger partial charge in [-0.15, -0.1) is 0 Å². The molecule has 0 unspecified atom stereocenters. The summed E-state index contributed by atoms with van der Waals surface area (Å²) in [4.78, 5) is 8.68. The summed E-state index contributed by atoms with van der Waals surface area (Å²) in [5.41, 5.74) is 0.777. The van der Waals surface area contributed by atoms with Crippen molar-refractivity contribution < 1.29 is 9.84 Å². The minimum atomic E-state index is -0.133. The number of hydrogen-bond acceptors (Lipinski definition) is 5. The van der Waals surface area contributed by atoms with Gasteiger partial charge in [0, 0.05) is 6.20 Å². The summed E-state index contributed by atoms with van der Waals surface area (Å²) in [6.07, 6.45) is 1.69. The molecule has 0 amide bonds. The largest absolute Gasteiger partial charge is 0.429 e. The molecular formula is C10H9ClN2O2S. The quantitative estimate of drug-likeness (QED) is 0.918. The van der Waals surface area contributed by atoms with Crippen molar-refractivity contribution in [3.05, 3.63) is 34.1 Å². The summed E-state index contributed by atoms with van der Waals surface area (Å²) in [5.74, 6) is 0.636. The number of aromatic nitrogens is 2. The summed E-state index contributed by atoms with van der Waals surface area (Å²) in [6, 6.07) is 3.58. The molecule has 0 radical (unpaired) electrons. The molecule has 0 bridgehead atoms. The van der Waals surface area contributed by atoms with Crippen LogP contribution in [0.15, 0.2) is 18.3 Å². The highest BCUT2D eigenvalue weighted by Gasteiger charge is 2.11. The van der Waals surface area contributed by atoms with Crippen LogP contribution < -0.4 is 4.74 Å². The Morgan fingerprint density at radius 1 is 1.56 bits per heavy atom. The Labute approximate surface area is 102 Å². The van der Waals surface area contributed by atoms with Gasteiger partial charge < -0.3 is 9.84 Å². The van der Waals surface area contributed by atoms with Crippen molar-refractivity contribution in [3.63, 3.8) is 0 Å². The maximum atomic E-state index is 8.97. The van der Waals surface area contributed by atoms with E-state index in [1.54, 1.807) is 18.3 Å². The Balaban J connectivity index is 2.24. The van der Waals surface area contributed by atoms with Crippen molar-refractivity contribution >= 4 is 22.9 Å². The van der Waals surface area contributed by atoms with Gasteiger partial charge in [0.1, 0.15) is 5.15 Å². The fourth-order valence-electron chi connectivity index (χ4n) is 1.13. The van der Waals surface area contributed by atoms with Crippen molar-refractivity contribution in [1.29, 1.82) is 0 Å². The van der Waals surface area contributed by atoms with Crippen LogP contribution in [-0.2, 0) is 6.61 Å². The molecule has 2 aromatic heterocycles. The molecule has 2 heterocycles. The number of rotatable bonds is 3. The maximum absolute atomic E-state index is 8.97. The van der Waals surface area contributed by atoms with Gasteiger partial charge in [-0.3, -0.25) is 4.98 Å². The Hall–Kier alpha value is -1.17. The predicted octanol–water partition coefficient (Wildman–Crippen LogP) is 2.78. The summed E-state index contributed by atoms with van der Waals surface area (Å²) in [6.45, 7) is 1.71. The summed E-state index contributed by atoms with van der Waals surface area (Å²) in [5, 5.41) is 9.66. The van der Waals surface area contributed by atoms with Gasteiger partial charge in [0.05, 0.1) is 17.2 Å². The third-order valence-electron chi connectivity index (χ3n) is 1.93. The molecule has 16 heavy (non-hydrogen) atoms. The lowest BCUT2D eigenvalue weighted by Gasteiger charge is -2.02. The fourth-order valence-corrected chi connectivity index (χ4v) is 2.10. The first-order valence-electron chi connectivity index (χ1n) is 4.56. The molecule has 2 rings (SSSR count). The molecule has 0 spiro atoms. The van der Waals surface area contributed by atoms with Gasteiger partial charge >= 0.3 is 0 Å². The van der Waals surface area contributed by atoms with Crippen LogP contribution in [0.1, 0.15) is 10.6 Å². The molecule has 0 aliphatic carbocycles. The second-order valence-corrected chi connectivity index (χ2v) is 4.45. The van der Waals surface area contributed by atoms with Crippen molar-refractivity contribution in [2.45, 2.75) is 13.5 Å². The molecule has 0 aliphatic rings. The zero-order valence-corrected chi connectivity index (χ0v) is 10.0. The van der Waals surface area contributed by atoms with E-state index < -0.39 is 0 Å². The number of pyridine rings is 1. The van der Waals surface area contributed by atoms with Crippen LogP contribution in [-0.4, -0.2) is 15.1 Å². The topological polar surface area (TPSA) is 55.2 Å². The van der Waals surface area contributed by atoms with Gasteiger partial charge in [0.25, 0.3) is 5.19 Å². The van der Waals surface area contributed by atoms with E-state index in [2.05, 4.69) is 9.97 Å². The van der Waals surface area contributed by atoms with E-state index in [0.29, 0.717) is 15.8 Å². The Morgan fingerprint density at radius 3 is 3.00 bits per heavy atom. The van der Waals surface area contributed by atoms with Crippen molar-refractivity contribution in [2.75, 3.05) is 0 Å². The maximum Gasteiger partial charge on any atom is 0.280 e. The molecule has 0 aromatic carbocycles. The molecule has 0 saturated carbocycles. The van der Waals surface area contributed by atoms with Crippen LogP contribution in [0.2, 0.25) is 5.15 Å². The van der Waals surface area contributed by atoms with Gasteiger partial charge in [-0.2, -0.15) is 4.98 Å². The second kappa shape index (κ2) is 4.78. The van der Waals surface area contributed by atoms with Crippen LogP contribution in [0.4, 0.5) is 0 Å². The summed E-state index contributed by atoms with van der Waals surface area (Å²) < 4.78 is 5.52. The van der Waals surface area contributed by atoms with Gasteiger partial charge in [-0.05, 0) is 19.1 Å². The van der Waals surface area contributed by atoms with Gasteiger partial charge in [0.2, 0.25) is 0 Å².